The number of thioether (sulfide) groups is 1. The van der Waals surface area contributed by atoms with E-state index < -0.39 is 11.2 Å². The molecule has 0 amide bonds. The van der Waals surface area contributed by atoms with Crippen LogP contribution in [0.2, 0.25) is 0 Å². The fourth-order valence-electron chi connectivity index (χ4n) is 3.39. The molecule has 1 saturated carbocycles. The first-order valence-corrected chi connectivity index (χ1v) is 10.4. The predicted molar refractivity (Wildman–Crippen MR) is 106 cm³/mol. The number of carbonyl (C=O) groups is 1. The molecular weight excluding hydrogens is 362 g/mol. The zero-order chi connectivity index (χ0) is 19.4. The Balaban J connectivity index is 1.94. The van der Waals surface area contributed by atoms with Gasteiger partial charge in [-0.2, -0.15) is 0 Å². The molecule has 1 aliphatic carbocycles. The summed E-state index contributed by atoms with van der Waals surface area (Å²) < 4.78 is 7.88. The van der Waals surface area contributed by atoms with Gasteiger partial charge in [-0.15, -0.1) is 10.2 Å². The maximum Gasteiger partial charge on any atom is 0.316 e. The Morgan fingerprint density at radius 2 is 1.81 bits per heavy atom. The maximum atomic E-state index is 11.3. The lowest BCUT2D eigenvalue weighted by Crippen LogP contribution is -2.17. The monoisotopic (exact) mass is 389 g/mol. The second kappa shape index (κ2) is 8.78. The third kappa shape index (κ3) is 4.83. The summed E-state index contributed by atoms with van der Waals surface area (Å²) in [7, 11) is 0. The van der Waals surface area contributed by atoms with Gasteiger partial charge in [-0.05, 0) is 57.9 Å². The van der Waals surface area contributed by atoms with Crippen LogP contribution < -0.4 is 4.74 Å². The van der Waals surface area contributed by atoms with Gasteiger partial charge in [-0.25, -0.2) is 0 Å². The number of nitrogens with zero attached hydrogens (tertiary/aromatic N) is 3. The van der Waals surface area contributed by atoms with Crippen molar-refractivity contribution in [1.82, 2.24) is 14.8 Å². The first kappa shape index (κ1) is 19.7. The molecule has 1 aromatic carbocycles. The molecule has 0 bridgehead atoms. The van der Waals surface area contributed by atoms with Crippen molar-refractivity contribution in [1.29, 1.82) is 0 Å². The normalized spacial score (nSPS) is 16.4. The molecule has 0 spiro atoms. The van der Waals surface area contributed by atoms with E-state index in [2.05, 4.69) is 14.8 Å². The Morgan fingerprint density at radius 3 is 2.41 bits per heavy atom. The molecule has 1 unspecified atom stereocenters. The van der Waals surface area contributed by atoms with Gasteiger partial charge in [0.1, 0.15) is 11.0 Å². The van der Waals surface area contributed by atoms with E-state index in [1.54, 1.807) is 6.92 Å². The average molecular weight is 390 g/mol. The van der Waals surface area contributed by atoms with Crippen molar-refractivity contribution in [2.45, 2.75) is 75.4 Å². The van der Waals surface area contributed by atoms with E-state index in [1.807, 2.05) is 38.1 Å². The summed E-state index contributed by atoms with van der Waals surface area (Å²) in [5.74, 6) is 0.791. The minimum absolute atomic E-state index is 0.127. The van der Waals surface area contributed by atoms with Crippen LogP contribution in [-0.2, 0) is 4.79 Å². The second-order valence-corrected chi connectivity index (χ2v) is 8.57. The number of hydrogen-bond acceptors (Lipinski definition) is 5. The summed E-state index contributed by atoms with van der Waals surface area (Å²) in [5, 5.41) is 18.2. The summed E-state index contributed by atoms with van der Waals surface area (Å²) in [6, 6.07) is 8.20. The van der Waals surface area contributed by atoms with Gasteiger partial charge in [0.2, 0.25) is 0 Å². The first-order valence-electron chi connectivity index (χ1n) is 9.57. The highest BCUT2D eigenvalue weighted by Gasteiger charge is 2.26. The predicted octanol–water partition coefficient (Wildman–Crippen LogP) is 4.80. The number of rotatable bonds is 7. The lowest BCUT2D eigenvalue weighted by Gasteiger charge is -2.26. The topological polar surface area (TPSA) is 77.2 Å². The van der Waals surface area contributed by atoms with Crippen molar-refractivity contribution in [3.05, 3.63) is 24.3 Å². The largest absolute Gasteiger partial charge is 0.491 e. The molecule has 27 heavy (non-hydrogen) atoms. The van der Waals surface area contributed by atoms with Crippen LogP contribution >= 0.6 is 11.8 Å². The number of aromatic nitrogens is 3. The molecule has 3 rings (SSSR count). The summed E-state index contributed by atoms with van der Waals surface area (Å²) in [5.41, 5.74) is 0.971. The third-order valence-electron chi connectivity index (χ3n) is 4.72. The summed E-state index contributed by atoms with van der Waals surface area (Å²) in [6.45, 7) is 5.69. The minimum Gasteiger partial charge on any atom is -0.491 e. The van der Waals surface area contributed by atoms with Crippen molar-refractivity contribution < 1.29 is 14.6 Å². The zero-order valence-electron chi connectivity index (χ0n) is 16.1. The highest BCUT2D eigenvalue weighted by Crippen LogP contribution is 2.36. The smallest absolute Gasteiger partial charge is 0.316 e. The van der Waals surface area contributed by atoms with Crippen LogP contribution in [0.5, 0.6) is 5.75 Å². The highest BCUT2D eigenvalue weighted by atomic mass is 32.2. The number of ether oxygens (including phenoxy) is 1. The molecule has 1 aliphatic rings. The van der Waals surface area contributed by atoms with E-state index in [-0.39, 0.29) is 6.10 Å². The molecule has 2 aromatic rings. The van der Waals surface area contributed by atoms with Crippen molar-refractivity contribution in [2.24, 2.45) is 0 Å². The van der Waals surface area contributed by atoms with Gasteiger partial charge in [0.25, 0.3) is 0 Å². The van der Waals surface area contributed by atoms with E-state index in [1.165, 1.54) is 31.0 Å². The van der Waals surface area contributed by atoms with Crippen LogP contribution in [0.1, 0.15) is 58.9 Å². The average Bonchev–Trinajstić information content (AvgIpc) is 3.06. The summed E-state index contributed by atoms with van der Waals surface area (Å²) in [4.78, 5) is 11.3. The highest BCUT2D eigenvalue weighted by molar-refractivity contribution is 8.00. The Kier molecular flexibility index (Phi) is 6.42. The Bertz CT molecular complexity index is 767. The maximum absolute atomic E-state index is 11.3. The van der Waals surface area contributed by atoms with Gasteiger partial charge < -0.3 is 9.84 Å². The quantitative estimate of drug-likeness (QED) is 0.685. The van der Waals surface area contributed by atoms with E-state index in [0.29, 0.717) is 11.2 Å². The van der Waals surface area contributed by atoms with Gasteiger partial charge in [-0.3, -0.25) is 9.36 Å². The molecule has 1 atom stereocenters. The Morgan fingerprint density at radius 1 is 1.15 bits per heavy atom. The number of aliphatic carboxylic acids is 1. The lowest BCUT2D eigenvalue weighted by molar-refractivity contribution is -0.136. The molecule has 1 heterocycles. The van der Waals surface area contributed by atoms with Gasteiger partial charge in [-0.1, -0.05) is 31.0 Å². The van der Waals surface area contributed by atoms with Crippen LogP contribution in [0.4, 0.5) is 0 Å². The number of carboxylic acids is 1. The van der Waals surface area contributed by atoms with Crippen molar-refractivity contribution in [2.75, 3.05) is 0 Å². The van der Waals surface area contributed by atoms with Crippen LogP contribution in [0.15, 0.2) is 29.4 Å². The SMILES string of the molecule is CC(C)Oc1ccc(-c2nnc(SC(C)C(=O)O)n2C2CCCCC2)cc1. The molecule has 1 fully saturated rings. The third-order valence-corrected chi connectivity index (χ3v) is 5.76. The molecule has 6 nitrogen and oxygen atoms in total. The van der Waals surface area contributed by atoms with E-state index in [9.17, 15) is 9.90 Å². The van der Waals surface area contributed by atoms with Crippen LogP contribution in [-0.4, -0.2) is 37.2 Å². The summed E-state index contributed by atoms with van der Waals surface area (Å²) >= 11 is 1.26. The van der Waals surface area contributed by atoms with E-state index >= 15 is 0 Å². The number of hydrogen-bond donors (Lipinski definition) is 1. The first-order chi connectivity index (χ1) is 13.0. The van der Waals surface area contributed by atoms with Crippen LogP contribution in [0.3, 0.4) is 0 Å². The van der Waals surface area contributed by atoms with E-state index in [4.69, 9.17) is 4.74 Å². The number of carboxylic acid groups (broad SMARTS) is 1. The van der Waals surface area contributed by atoms with Gasteiger partial charge in [0, 0.05) is 11.6 Å². The summed E-state index contributed by atoms with van der Waals surface area (Å²) in [6.07, 6.45) is 5.90. The standard InChI is InChI=1S/C20H27N3O3S/c1-13(2)26-17-11-9-15(10-12-17)18-21-22-20(27-14(3)19(24)25)23(18)16-7-5-4-6-8-16/h9-14,16H,4-8H2,1-3H3,(H,24,25). The van der Waals surface area contributed by atoms with Crippen molar-refractivity contribution in [3.8, 4) is 17.1 Å². The molecule has 0 aliphatic heterocycles. The Labute approximate surface area is 164 Å². The molecule has 0 saturated heterocycles. The zero-order valence-corrected chi connectivity index (χ0v) is 16.9. The molecule has 0 radical (unpaired) electrons. The van der Waals surface area contributed by atoms with Gasteiger partial charge in [0.15, 0.2) is 11.0 Å². The molecule has 7 heteroatoms. The fraction of sp³-hybridized carbons (Fsp3) is 0.550. The number of benzene rings is 1. The van der Waals surface area contributed by atoms with Gasteiger partial charge >= 0.3 is 5.97 Å². The molecular formula is C20H27N3O3S. The molecule has 1 aromatic heterocycles. The Hall–Kier alpha value is -2.02. The fourth-order valence-corrected chi connectivity index (χ4v) is 4.24. The second-order valence-electron chi connectivity index (χ2n) is 7.26. The van der Waals surface area contributed by atoms with E-state index in [0.717, 1.165) is 30.0 Å². The van der Waals surface area contributed by atoms with Crippen LogP contribution in [0, 0.1) is 0 Å². The molecule has 1 N–H and O–H groups in total. The van der Waals surface area contributed by atoms with Crippen LogP contribution in [0.25, 0.3) is 11.4 Å². The lowest BCUT2D eigenvalue weighted by atomic mass is 9.95. The minimum atomic E-state index is -0.838. The van der Waals surface area contributed by atoms with Gasteiger partial charge in [0.05, 0.1) is 6.10 Å². The van der Waals surface area contributed by atoms with Crippen molar-refractivity contribution >= 4 is 17.7 Å². The van der Waals surface area contributed by atoms with Crippen molar-refractivity contribution in [3.63, 3.8) is 0 Å². The molecule has 146 valence electrons.